The van der Waals surface area contributed by atoms with Crippen LogP contribution in [0.3, 0.4) is 0 Å². The van der Waals surface area contributed by atoms with Crippen molar-refractivity contribution in [2.75, 3.05) is 39.6 Å². The number of rotatable bonds is 83. The van der Waals surface area contributed by atoms with E-state index in [1.165, 1.54) is 250 Å². The van der Waals surface area contributed by atoms with E-state index in [4.69, 9.17) is 37.0 Å². The summed E-state index contributed by atoms with van der Waals surface area (Å²) in [6, 6.07) is 0. The fourth-order valence-electron chi connectivity index (χ4n) is 13.2. The summed E-state index contributed by atoms with van der Waals surface area (Å²) in [5, 5.41) is 10.7. The maximum Gasteiger partial charge on any atom is 0.472 e. The molecule has 19 heteroatoms. The van der Waals surface area contributed by atoms with Crippen LogP contribution >= 0.6 is 15.6 Å². The molecule has 0 fully saturated rings. The molecule has 0 aromatic rings. The highest BCUT2D eigenvalue weighted by molar-refractivity contribution is 7.47. The molecule has 0 bridgehead atoms. The van der Waals surface area contributed by atoms with Gasteiger partial charge in [0.2, 0.25) is 0 Å². The van der Waals surface area contributed by atoms with Crippen LogP contribution in [0, 0.1) is 17.8 Å². The van der Waals surface area contributed by atoms with Crippen molar-refractivity contribution in [3.05, 3.63) is 0 Å². The Kier molecular flexibility index (Phi) is 73.7. The van der Waals surface area contributed by atoms with Crippen molar-refractivity contribution < 1.29 is 80.2 Å². The van der Waals surface area contributed by atoms with Gasteiger partial charge in [0.1, 0.15) is 19.3 Å². The zero-order chi connectivity index (χ0) is 76.5. The highest BCUT2D eigenvalue weighted by Gasteiger charge is 2.30. The van der Waals surface area contributed by atoms with Crippen LogP contribution in [0.2, 0.25) is 0 Å². The van der Waals surface area contributed by atoms with Crippen molar-refractivity contribution in [2.45, 2.75) is 465 Å². The van der Waals surface area contributed by atoms with Crippen LogP contribution in [0.4, 0.5) is 0 Å². The number of aliphatic hydroxyl groups is 1. The van der Waals surface area contributed by atoms with Crippen LogP contribution in [0.25, 0.3) is 0 Å². The first-order valence-corrected chi connectivity index (χ1v) is 46.8. The fraction of sp³-hybridized carbons (Fsp3) is 0.953. The van der Waals surface area contributed by atoms with Crippen LogP contribution in [-0.2, 0) is 65.4 Å². The Morgan fingerprint density at radius 3 is 0.654 bits per heavy atom. The van der Waals surface area contributed by atoms with Crippen molar-refractivity contribution in [1.29, 1.82) is 0 Å². The minimum Gasteiger partial charge on any atom is -0.462 e. The number of phosphoric acid groups is 2. The monoisotopic (exact) mass is 1520 g/mol. The average Bonchev–Trinajstić information content (AvgIpc) is 0.907. The van der Waals surface area contributed by atoms with Gasteiger partial charge in [0.15, 0.2) is 12.2 Å². The van der Waals surface area contributed by atoms with Crippen molar-refractivity contribution in [3.8, 4) is 0 Å². The van der Waals surface area contributed by atoms with Crippen LogP contribution in [-0.4, -0.2) is 96.7 Å². The summed E-state index contributed by atoms with van der Waals surface area (Å²) >= 11 is 0. The second-order valence-corrected chi connectivity index (χ2v) is 34.9. The molecule has 0 aromatic heterocycles. The number of hydrogen-bond acceptors (Lipinski definition) is 15. The van der Waals surface area contributed by atoms with Crippen LogP contribution < -0.4 is 0 Å². The van der Waals surface area contributed by atoms with Gasteiger partial charge >= 0.3 is 39.5 Å². The molecule has 0 amide bonds. The van der Waals surface area contributed by atoms with E-state index in [1.54, 1.807) is 0 Å². The van der Waals surface area contributed by atoms with Gasteiger partial charge in [-0.1, -0.05) is 395 Å². The quantitative estimate of drug-likeness (QED) is 0.0222. The maximum absolute atomic E-state index is 13.1. The number of carbonyl (C=O) groups is 4. The van der Waals surface area contributed by atoms with E-state index < -0.39 is 97.5 Å². The topological polar surface area (TPSA) is 237 Å². The lowest BCUT2D eigenvalue weighted by Crippen LogP contribution is -2.30. The first-order valence-electron chi connectivity index (χ1n) is 43.8. The Morgan fingerprint density at radius 2 is 0.442 bits per heavy atom. The molecule has 0 aliphatic rings. The number of hydrogen-bond donors (Lipinski definition) is 3. The average molecular weight is 1520 g/mol. The van der Waals surface area contributed by atoms with Gasteiger partial charge in [-0.25, -0.2) is 9.13 Å². The summed E-state index contributed by atoms with van der Waals surface area (Å²) in [6.45, 7) is 11.9. The van der Waals surface area contributed by atoms with E-state index in [1.807, 2.05) is 0 Å². The third kappa shape index (κ3) is 78.2. The van der Waals surface area contributed by atoms with E-state index in [2.05, 4.69) is 48.5 Å². The third-order valence-corrected chi connectivity index (χ3v) is 21.8. The molecular formula is C85H166O17P2. The van der Waals surface area contributed by atoms with E-state index in [-0.39, 0.29) is 25.7 Å². The highest BCUT2D eigenvalue weighted by Crippen LogP contribution is 2.45. The zero-order valence-corrected chi connectivity index (χ0v) is 70.3. The smallest absolute Gasteiger partial charge is 0.462 e. The van der Waals surface area contributed by atoms with Gasteiger partial charge in [-0.15, -0.1) is 0 Å². The van der Waals surface area contributed by atoms with Crippen LogP contribution in [0.15, 0.2) is 0 Å². The lowest BCUT2D eigenvalue weighted by atomic mass is 10.0. The fourth-order valence-corrected chi connectivity index (χ4v) is 14.8. The van der Waals surface area contributed by atoms with Gasteiger partial charge in [0, 0.05) is 25.7 Å². The number of carbonyl (C=O) groups excluding carboxylic acids is 4. The Hall–Kier alpha value is -1.94. The number of esters is 4. The van der Waals surface area contributed by atoms with E-state index in [9.17, 15) is 43.2 Å². The molecule has 0 heterocycles. The minimum absolute atomic E-state index is 0.105. The van der Waals surface area contributed by atoms with Gasteiger partial charge in [0.05, 0.1) is 26.4 Å². The third-order valence-electron chi connectivity index (χ3n) is 19.9. The molecule has 3 N–H and O–H groups in total. The standard InChI is InChI=1S/C85H166O17P2/c1-8-9-10-11-12-13-14-15-16-17-18-19-20-21-22-27-30-35-40-45-54-61-68-84(89)101-80(72-95-82(87)66-59-52-44-39-34-29-26-24-23-25-28-32-37-42-49-56-63-76(2)3)74-99-103(91,92)97-70-79(86)71-98-104(93,94)100-75-81(73-96-83(88)67-60-53-48-47-51-58-65-78(6)7)102-85(90)69-62-55-46-41-36-31-33-38-43-50-57-64-77(4)5/h76-81,86H,8-75H2,1-7H3,(H,91,92)(H,93,94)/t79-,80-,81-/m1/s1. The molecule has 104 heavy (non-hydrogen) atoms. The van der Waals surface area contributed by atoms with Crippen molar-refractivity contribution in [2.24, 2.45) is 17.8 Å². The molecule has 2 unspecified atom stereocenters. The highest BCUT2D eigenvalue weighted by atomic mass is 31.2. The van der Waals surface area contributed by atoms with E-state index in [0.29, 0.717) is 31.6 Å². The summed E-state index contributed by atoms with van der Waals surface area (Å²) in [4.78, 5) is 73.1. The molecule has 17 nitrogen and oxygen atoms in total. The Balaban J connectivity index is 5.20. The number of phosphoric ester groups is 2. The lowest BCUT2D eigenvalue weighted by Gasteiger charge is -2.21. The van der Waals surface area contributed by atoms with Crippen molar-refractivity contribution >= 4 is 39.5 Å². The first kappa shape index (κ1) is 102. The molecular weight excluding hydrogens is 1350 g/mol. The SMILES string of the molecule is CCCCCCCCCCCCCCCCCCCCCCCCC(=O)O[C@H](COC(=O)CCCCCCCCCCCCCCCCCCC(C)C)COP(=O)(O)OC[C@@H](O)COP(=O)(O)OC[C@@H](COC(=O)CCCCCCCCC(C)C)OC(=O)CCCCCCCCCCCCCC(C)C. The summed E-state index contributed by atoms with van der Waals surface area (Å²) in [7, 11) is -9.92. The zero-order valence-electron chi connectivity index (χ0n) is 68.5. The summed E-state index contributed by atoms with van der Waals surface area (Å²) in [6.07, 6.45) is 65.6. The Morgan fingerprint density at radius 1 is 0.260 bits per heavy atom. The second kappa shape index (κ2) is 75.1. The predicted molar refractivity (Wildman–Crippen MR) is 428 cm³/mol. The summed E-state index contributed by atoms with van der Waals surface area (Å²) in [5.74, 6) is 0.147. The summed E-state index contributed by atoms with van der Waals surface area (Å²) in [5.41, 5.74) is 0. The molecule has 0 aliphatic carbocycles. The van der Waals surface area contributed by atoms with Crippen molar-refractivity contribution in [1.82, 2.24) is 0 Å². The Bertz CT molecular complexity index is 2010. The first-order chi connectivity index (χ1) is 50.2. The Labute approximate surface area is 638 Å². The van der Waals surface area contributed by atoms with Crippen molar-refractivity contribution in [3.63, 3.8) is 0 Å². The molecule has 5 atom stereocenters. The van der Waals surface area contributed by atoms with Gasteiger partial charge in [-0.3, -0.25) is 37.3 Å². The minimum atomic E-state index is -4.97. The van der Waals surface area contributed by atoms with Gasteiger partial charge in [0.25, 0.3) is 0 Å². The molecule has 0 rings (SSSR count). The lowest BCUT2D eigenvalue weighted by molar-refractivity contribution is -0.161. The summed E-state index contributed by atoms with van der Waals surface area (Å²) < 4.78 is 68.8. The molecule has 0 spiro atoms. The molecule has 618 valence electrons. The predicted octanol–water partition coefficient (Wildman–Crippen LogP) is 25.7. The number of aliphatic hydroxyl groups excluding tert-OH is 1. The molecule has 0 saturated heterocycles. The van der Waals surface area contributed by atoms with Gasteiger partial charge < -0.3 is 33.8 Å². The molecule has 0 aliphatic heterocycles. The second-order valence-electron chi connectivity index (χ2n) is 32.0. The normalized spacial score (nSPS) is 13.9. The van der Waals surface area contributed by atoms with E-state index in [0.717, 1.165) is 108 Å². The van der Waals surface area contributed by atoms with Crippen LogP contribution in [0.5, 0.6) is 0 Å². The largest absolute Gasteiger partial charge is 0.472 e. The number of ether oxygens (including phenoxy) is 4. The van der Waals surface area contributed by atoms with E-state index >= 15 is 0 Å². The number of unbranched alkanes of at least 4 members (excludes halogenated alkanes) is 51. The molecule has 0 aromatic carbocycles. The van der Waals surface area contributed by atoms with Crippen LogP contribution in [0.1, 0.15) is 447 Å². The van der Waals surface area contributed by atoms with Gasteiger partial charge in [-0.05, 0) is 43.4 Å². The maximum atomic E-state index is 13.1. The molecule has 0 saturated carbocycles. The molecule has 0 radical (unpaired) electrons. The van der Waals surface area contributed by atoms with Gasteiger partial charge in [-0.2, -0.15) is 0 Å².